The Morgan fingerprint density at radius 1 is 1.15 bits per heavy atom. The van der Waals surface area contributed by atoms with Gasteiger partial charge in [0.05, 0.1) is 12.2 Å². The molecule has 9 nitrogen and oxygen atoms in total. The van der Waals surface area contributed by atoms with E-state index < -0.39 is 17.8 Å². The van der Waals surface area contributed by atoms with E-state index in [0.29, 0.717) is 31.7 Å². The Morgan fingerprint density at radius 3 is 2.62 bits per heavy atom. The van der Waals surface area contributed by atoms with Crippen molar-refractivity contribution in [2.45, 2.75) is 71.2 Å². The van der Waals surface area contributed by atoms with Crippen LogP contribution in [0.2, 0.25) is 0 Å². The fourth-order valence-electron chi connectivity index (χ4n) is 7.48. The summed E-state index contributed by atoms with van der Waals surface area (Å²) in [7, 11) is 2.16. The number of ether oxygens (including phenoxy) is 1. The monoisotopic (exact) mass is 639 g/mol. The smallest absolute Gasteiger partial charge is 0.318 e. The number of aromatic nitrogens is 2. The van der Waals surface area contributed by atoms with E-state index in [2.05, 4.69) is 90.3 Å². The molecule has 0 radical (unpaired) electrons. The van der Waals surface area contributed by atoms with Crippen molar-refractivity contribution in [3.8, 4) is 6.01 Å². The van der Waals surface area contributed by atoms with E-state index in [1.54, 1.807) is 0 Å². The van der Waals surface area contributed by atoms with Crippen molar-refractivity contribution in [3.63, 3.8) is 0 Å². The van der Waals surface area contributed by atoms with Gasteiger partial charge in [-0.3, -0.25) is 9.69 Å². The summed E-state index contributed by atoms with van der Waals surface area (Å²) in [6.45, 7) is 20.6. The van der Waals surface area contributed by atoms with Crippen LogP contribution in [0, 0.1) is 19.4 Å². The molecular weight excluding hydrogens is 593 g/mol. The molecule has 6 rings (SSSR count). The van der Waals surface area contributed by atoms with Gasteiger partial charge in [0.15, 0.2) is 5.83 Å². The van der Waals surface area contributed by atoms with E-state index in [-0.39, 0.29) is 19.2 Å². The molecule has 1 amide bonds. The van der Waals surface area contributed by atoms with Gasteiger partial charge < -0.3 is 24.3 Å². The summed E-state index contributed by atoms with van der Waals surface area (Å²) in [5.41, 5.74) is 4.40. The van der Waals surface area contributed by atoms with Gasteiger partial charge in [-0.2, -0.15) is 9.97 Å². The van der Waals surface area contributed by atoms with E-state index in [0.717, 1.165) is 42.5 Å². The lowest BCUT2D eigenvalue weighted by atomic mass is 9.80. The van der Waals surface area contributed by atoms with Crippen molar-refractivity contribution in [1.82, 2.24) is 19.8 Å². The number of benzene rings is 2. The lowest BCUT2D eigenvalue weighted by Gasteiger charge is -2.41. The second-order valence-corrected chi connectivity index (χ2v) is 13.5. The molecule has 0 unspecified atom stereocenters. The topological polar surface area (TPSA) is 69.4 Å². The summed E-state index contributed by atoms with van der Waals surface area (Å²) in [4.78, 5) is 34.5. The number of piperazine rings is 1. The van der Waals surface area contributed by atoms with Crippen LogP contribution in [0.3, 0.4) is 0 Å². The molecule has 3 aromatic rings. The molecule has 1 aliphatic carbocycles. The van der Waals surface area contributed by atoms with Crippen LogP contribution in [0.25, 0.3) is 15.6 Å². The Kier molecular flexibility index (Phi) is 9.65. The Bertz CT molecular complexity index is 1680. The number of amides is 1. The van der Waals surface area contributed by atoms with Gasteiger partial charge in [0, 0.05) is 55.4 Å². The Hall–Kier alpha value is -4.23. The molecule has 248 valence electrons. The molecule has 1 saturated heterocycles. The summed E-state index contributed by atoms with van der Waals surface area (Å²) in [6.07, 6.45) is 4.50. The summed E-state index contributed by atoms with van der Waals surface area (Å²) in [5, 5.41) is 2.46. The van der Waals surface area contributed by atoms with E-state index in [4.69, 9.17) is 21.3 Å². The lowest BCUT2D eigenvalue weighted by molar-refractivity contribution is -0.131. The molecule has 47 heavy (non-hydrogen) atoms. The van der Waals surface area contributed by atoms with Crippen LogP contribution >= 0.6 is 0 Å². The van der Waals surface area contributed by atoms with Gasteiger partial charge in [0.2, 0.25) is 6.54 Å². The number of halogens is 1. The van der Waals surface area contributed by atoms with Gasteiger partial charge in [0.1, 0.15) is 18.0 Å². The van der Waals surface area contributed by atoms with E-state index in [9.17, 15) is 9.18 Å². The van der Waals surface area contributed by atoms with E-state index in [1.165, 1.54) is 46.2 Å². The SMILES string of the molecule is [C-]#[N+]C[C@H]1CN(c2nc(O[C@H](C)CN(C)[C@@H](C)C3CCC3)nc3c2CCN(c2cccc4cccc(C)c24)C3)CCN1C(=O)C(=C)F. The van der Waals surface area contributed by atoms with Gasteiger partial charge >= 0.3 is 6.01 Å². The maximum absolute atomic E-state index is 13.9. The molecule has 0 bridgehead atoms. The van der Waals surface area contributed by atoms with Crippen molar-refractivity contribution >= 4 is 28.2 Å². The molecule has 0 N–H and O–H groups in total. The molecule has 0 spiro atoms. The standard InChI is InChI=1S/C37H46FN7O2/c1-24-10-7-13-29-14-9-15-33(34(24)29)43-17-16-31-32(23-43)40-37(47-25(2)21-42(6)27(4)28-11-8-12-28)41-35(31)44-18-19-45(36(46)26(3)38)30(22-44)20-39-5/h7,9-10,13-15,25,27-28,30H,3,8,11-12,16-23H2,1-2,4,6H3/t25-,27+,30+/m1/s1. The Morgan fingerprint density at radius 2 is 1.91 bits per heavy atom. The number of carbonyl (C=O) groups is 1. The highest BCUT2D eigenvalue weighted by Gasteiger charge is 2.36. The highest BCUT2D eigenvalue weighted by Crippen LogP contribution is 2.36. The number of anilines is 2. The van der Waals surface area contributed by atoms with Gasteiger partial charge in [-0.25, -0.2) is 11.0 Å². The molecule has 1 aromatic heterocycles. The summed E-state index contributed by atoms with van der Waals surface area (Å²) >= 11 is 0. The average molecular weight is 640 g/mol. The maximum atomic E-state index is 13.9. The third kappa shape index (κ3) is 6.77. The van der Waals surface area contributed by atoms with E-state index in [1.807, 2.05) is 0 Å². The number of hydrogen-bond donors (Lipinski definition) is 0. The average Bonchev–Trinajstić information content (AvgIpc) is 3.02. The number of likely N-dealkylation sites (N-methyl/N-ethyl adjacent to an activating group) is 1. The molecular formula is C37H46FN7O2. The van der Waals surface area contributed by atoms with Gasteiger partial charge in [-0.15, -0.1) is 0 Å². The minimum absolute atomic E-state index is 0.0723. The van der Waals surface area contributed by atoms with Crippen LogP contribution in [0.15, 0.2) is 48.8 Å². The fraction of sp³-hybridized carbons (Fsp3) is 0.514. The predicted molar refractivity (Wildman–Crippen MR) is 184 cm³/mol. The Labute approximate surface area is 277 Å². The summed E-state index contributed by atoms with van der Waals surface area (Å²) in [6, 6.07) is 13.2. The number of aryl methyl sites for hydroxylation is 1. The first-order chi connectivity index (χ1) is 22.6. The first-order valence-corrected chi connectivity index (χ1v) is 16.9. The highest BCUT2D eigenvalue weighted by atomic mass is 19.1. The predicted octanol–water partition coefficient (Wildman–Crippen LogP) is 5.81. The minimum atomic E-state index is -1.00. The van der Waals surface area contributed by atoms with Crippen LogP contribution in [-0.2, 0) is 17.8 Å². The Balaban J connectivity index is 1.31. The maximum Gasteiger partial charge on any atom is 0.318 e. The number of carbonyl (C=O) groups excluding carboxylic acids is 1. The molecule has 2 fully saturated rings. The fourth-order valence-corrected chi connectivity index (χ4v) is 7.48. The van der Waals surface area contributed by atoms with Crippen molar-refractivity contribution in [2.75, 3.05) is 56.1 Å². The van der Waals surface area contributed by atoms with Crippen LogP contribution in [0.5, 0.6) is 6.01 Å². The van der Waals surface area contributed by atoms with Crippen LogP contribution in [-0.4, -0.2) is 90.2 Å². The molecule has 10 heteroatoms. The van der Waals surface area contributed by atoms with Gasteiger partial charge in [0.25, 0.3) is 5.91 Å². The molecule has 1 saturated carbocycles. The molecule has 2 aromatic carbocycles. The zero-order chi connectivity index (χ0) is 33.2. The van der Waals surface area contributed by atoms with Crippen molar-refractivity contribution < 1.29 is 13.9 Å². The summed E-state index contributed by atoms with van der Waals surface area (Å²) in [5.74, 6) is -0.227. The summed E-state index contributed by atoms with van der Waals surface area (Å²) < 4.78 is 20.4. The third-order valence-corrected chi connectivity index (χ3v) is 10.4. The number of hydrogen-bond acceptors (Lipinski definition) is 7. The molecule has 2 aliphatic heterocycles. The zero-order valence-corrected chi connectivity index (χ0v) is 28.1. The number of nitrogens with zero attached hydrogens (tertiary/aromatic N) is 7. The van der Waals surface area contributed by atoms with E-state index >= 15 is 0 Å². The molecule has 3 atom stereocenters. The lowest BCUT2D eigenvalue weighted by Crippen LogP contribution is -2.57. The van der Waals surface area contributed by atoms with Crippen molar-refractivity contribution in [3.05, 3.63) is 77.0 Å². The number of fused-ring (bicyclic) bond motifs is 2. The van der Waals surface area contributed by atoms with Crippen molar-refractivity contribution in [2.24, 2.45) is 5.92 Å². The van der Waals surface area contributed by atoms with Gasteiger partial charge in [-0.1, -0.05) is 43.3 Å². The minimum Gasteiger partial charge on any atom is -0.459 e. The largest absolute Gasteiger partial charge is 0.459 e. The second kappa shape index (κ2) is 13.9. The van der Waals surface area contributed by atoms with Crippen LogP contribution < -0.4 is 14.5 Å². The van der Waals surface area contributed by atoms with Gasteiger partial charge in [-0.05, 0) is 70.0 Å². The van der Waals surface area contributed by atoms with Crippen molar-refractivity contribution in [1.29, 1.82) is 0 Å². The molecule has 3 heterocycles. The number of rotatable bonds is 10. The van der Waals surface area contributed by atoms with Crippen LogP contribution in [0.1, 0.15) is 49.9 Å². The van der Waals surface area contributed by atoms with Crippen LogP contribution in [0.4, 0.5) is 15.9 Å². The quantitative estimate of drug-likeness (QED) is 0.205. The molecule has 3 aliphatic rings. The first kappa shape index (κ1) is 32.7. The third-order valence-electron chi connectivity index (χ3n) is 10.4. The zero-order valence-electron chi connectivity index (χ0n) is 28.1. The second-order valence-electron chi connectivity index (χ2n) is 13.5. The first-order valence-electron chi connectivity index (χ1n) is 16.9. The highest BCUT2D eigenvalue weighted by molar-refractivity contribution is 5.97. The normalized spacial score (nSPS) is 19.6.